The number of nitrogens with zero attached hydrogens (tertiary/aromatic N) is 9. The number of likely N-dealkylation sites (N-methyl/N-ethyl adjacent to an activating group) is 2. The van der Waals surface area contributed by atoms with Crippen molar-refractivity contribution >= 4 is 121 Å². The maximum Gasteiger partial charge on any atom is 0.358 e. The number of hydrogen-bond acceptors (Lipinski definition) is 32. The zero-order chi connectivity index (χ0) is 73.6. The number of benzene rings is 1. The van der Waals surface area contributed by atoms with E-state index in [9.17, 15) is 44.8 Å². The monoisotopic (exact) mass is 1510 g/mol. The van der Waals surface area contributed by atoms with Crippen LogP contribution >= 0.6 is 56.7 Å². The lowest BCUT2D eigenvalue weighted by atomic mass is 9.85. The Hall–Kier alpha value is -9.36. The summed E-state index contributed by atoms with van der Waals surface area (Å²) in [7, 11) is 6.45. The molecule has 12 rings (SSSR count). The van der Waals surface area contributed by atoms with Crippen LogP contribution in [0.25, 0.3) is 49.3 Å². The summed E-state index contributed by atoms with van der Waals surface area (Å²) in [6.45, 7) is 4.10. The van der Waals surface area contributed by atoms with Crippen LogP contribution in [0.1, 0.15) is 125 Å². The largest absolute Gasteiger partial charge is 0.506 e. The van der Waals surface area contributed by atoms with Gasteiger partial charge >= 0.3 is 11.9 Å². The number of aliphatic hydroxyl groups is 3. The van der Waals surface area contributed by atoms with Crippen LogP contribution in [0.2, 0.25) is 0 Å². The molecule has 103 heavy (non-hydrogen) atoms. The molecule has 0 saturated carbocycles. The zero-order valence-corrected chi connectivity index (χ0v) is 60.1. The van der Waals surface area contributed by atoms with Gasteiger partial charge in [-0.15, -0.1) is 56.7 Å². The summed E-state index contributed by atoms with van der Waals surface area (Å²) in [5, 5.41) is 77.4. The molecule has 0 radical (unpaired) electrons. The molecule has 1 fully saturated rings. The predicted molar refractivity (Wildman–Crippen MR) is 369 cm³/mol. The van der Waals surface area contributed by atoms with Crippen LogP contribution in [-0.2, 0) is 56.0 Å². The normalized spacial score (nSPS) is 23.9. The number of nitrogens with one attached hydrogen (secondary N) is 5. The van der Waals surface area contributed by atoms with Crippen LogP contribution in [-0.4, -0.2) is 226 Å². The number of cyclic esters (lactones) is 2. The fraction of sp³-hybridized carbons (Fsp3) is 0.406. The summed E-state index contributed by atoms with van der Waals surface area (Å²) in [6, 6.07) is -0.606. The highest BCUT2D eigenvalue weighted by Gasteiger charge is 2.50. The molecule has 4 aliphatic rings. The van der Waals surface area contributed by atoms with Gasteiger partial charge in [-0.3, -0.25) is 28.8 Å². The number of carbonyl (C=O) groups excluding carboxylic acids is 8. The van der Waals surface area contributed by atoms with Gasteiger partial charge in [0.1, 0.15) is 126 Å². The fourth-order valence-electron chi connectivity index (χ4n) is 12.5. The first kappa shape index (κ1) is 73.4. The number of amides is 6. The maximum absolute atomic E-state index is 15.2. The molecule has 8 aromatic rings. The number of methoxy groups -OCH3 is 1. The van der Waals surface area contributed by atoms with Crippen LogP contribution in [0.5, 0.6) is 5.75 Å². The standard InChI is InChI=1S/C64H69N15O19S5/c1-25(81)42-56(88)75-43(26(2)93-8)59-70-37(24-101-59)55(87)76-46-48-49(98-40-15-64(4,91)50(77(5)6)27(3)97-40)63(90)95-17-28-10-9-11-38-41(28)30(18-94-48)47(79(38)92)62(89)96-19-32(67-53(85)35-23-103-61(46)72-35)58-68-33(20-100-58)44-29(57-69-36(21-99-57)54(86)74-42)14-39(82)45(73-44)60-71-34(22-102-60)52(84)66-31(51(65)83)16-78(7)12-13-80/h9-11,14,20-25,27,31-32,40,42,46,48-50,80-82,91-92H,12-13,15-19H2,1-8H3,(H2,65,83)(H,66,84)(H,67,85)(H,74,86)(H,75,88)(H,76,87)/b43-26+/t25-,27+,31?,32+,40+,42+,46+,48-,49?,50-,64+/m1/s1. The lowest BCUT2D eigenvalue weighted by Crippen LogP contribution is -2.62. The van der Waals surface area contributed by atoms with Crippen LogP contribution < -0.4 is 32.3 Å². The first-order valence-corrected chi connectivity index (χ1v) is 36.1. The second-order valence-corrected chi connectivity index (χ2v) is 29.3. The lowest BCUT2D eigenvalue weighted by Gasteiger charge is -2.48. The molecule has 0 spiro atoms. The molecular weight excluding hydrogens is 1440 g/mol. The average Bonchev–Trinajstić information content (AvgIpc) is 1.68. The Kier molecular flexibility index (Phi) is 21.5. The van der Waals surface area contributed by atoms with Crippen molar-refractivity contribution in [2.24, 2.45) is 5.73 Å². The number of aromatic nitrogens is 7. The van der Waals surface area contributed by atoms with Crippen LogP contribution in [0.4, 0.5) is 0 Å². The topological polar surface area (TPSA) is 468 Å². The molecule has 2 unspecified atom stereocenters. The lowest BCUT2D eigenvalue weighted by molar-refractivity contribution is -0.280. The summed E-state index contributed by atoms with van der Waals surface area (Å²) in [5.41, 5.74) is 2.73. The summed E-state index contributed by atoms with van der Waals surface area (Å²) < 4.78 is 38.3. The van der Waals surface area contributed by atoms with Gasteiger partial charge in [0.15, 0.2) is 18.1 Å². The van der Waals surface area contributed by atoms with Crippen LogP contribution in [0.3, 0.4) is 0 Å². The van der Waals surface area contributed by atoms with E-state index in [0.29, 0.717) is 10.3 Å². The summed E-state index contributed by atoms with van der Waals surface area (Å²) in [6.07, 6.45) is -7.59. The van der Waals surface area contributed by atoms with E-state index in [4.69, 9.17) is 49.1 Å². The molecule has 11 heterocycles. The molecule has 39 heteroatoms. The number of hydrogen-bond donors (Lipinski definition) is 11. The van der Waals surface area contributed by atoms with Crippen LogP contribution in [0.15, 0.2) is 56.9 Å². The van der Waals surface area contributed by atoms with Crippen molar-refractivity contribution in [1.82, 2.24) is 71.0 Å². The third-order valence-corrected chi connectivity index (χ3v) is 21.9. The number of esters is 2. The Morgan fingerprint density at radius 2 is 1.52 bits per heavy atom. The van der Waals surface area contributed by atoms with Crippen molar-refractivity contribution < 1.29 is 92.4 Å². The molecule has 12 bridgehead atoms. The van der Waals surface area contributed by atoms with E-state index < -0.39 is 145 Å². The van der Waals surface area contributed by atoms with E-state index in [0.717, 1.165) is 56.7 Å². The Bertz CT molecular complexity index is 4670. The summed E-state index contributed by atoms with van der Waals surface area (Å²) >= 11 is 4.46. The number of aliphatic hydroxyl groups excluding tert-OH is 2. The van der Waals surface area contributed by atoms with Gasteiger partial charge in [0, 0.05) is 62.9 Å². The van der Waals surface area contributed by atoms with E-state index in [1.165, 1.54) is 60.0 Å². The van der Waals surface area contributed by atoms with Gasteiger partial charge in [-0.25, -0.2) is 39.5 Å². The van der Waals surface area contributed by atoms with Crippen molar-refractivity contribution in [1.29, 1.82) is 0 Å². The summed E-state index contributed by atoms with van der Waals surface area (Å²) in [5.74, 6) is -8.13. The zero-order valence-electron chi connectivity index (χ0n) is 56.0. The molecular formula is C64H69N15O19S5. The molecule has 34 nitrogen and oxygen atoms in total. The quantitative estimate of drug-likeness (QED) is 0.0449. The van der Waals surface area contributed by atoms with E-state index >= 15 is 19.2 Å². The molecule has 544 valence electrons. The average molecular weight is 1510 g/mol. The maximum atomic E-state index is 15.2. The van der Waals surface area contributed by atoms with Crippen molar-refractivity contribution in [3.05, 3.63) is 112 Å². The van der Waals surface area contributed by atoms with Gasteiger partial charge in [0.05, 0.1) is 49.7 Å². The first-order valence-electron chi connectivity index (χ1n) is 31.7. The van der Waals surface area contributed by atoms with Gasteiger partial charge in [0.2, 0.25) is 11.8 Å². The first-order chi connectivity index (χ1) is 49.1. The Balaban J connectivity index is 1.02. The van der Waals surface area contributed by atoms with Gasteiger partial charge in [-0.05, 0) is 66.5 Å². The molecule has 7 aromatic heterocycles. The minimum absolute atomic E-state index is 0.00527. The second kappa shape index (κ2) is 30.1. The minimum Gasteiger partial charge on any atom is -0.506 e. The third-order valence-electron chi connectivity index (χ3n) is 17.4. The number of nitrogens with two attached hydrogens (primary N) is 1. The Labute approximate surface area is 604 Å². The highest BCUT2D eigenvalue weighted by molar-refractivity contribution is 7.14. The number of pyridine rings is 1. The molecule has 0 aliphatic carbocycles. The highest BCUT2D eigenvalue weighted by atomic mass is 32.1. The van der Waals surface area contributed by atoms with E-state index in [1.54, 1.807) is 56.9 Å². The van der Waals surface area contributed by atoms with Crippen molar-refractivity contribution in [2.75, 3.05) is 54.6 Å². The van der Waals surface area contributed by atoms with E-state index in [1.807, 2.05) is 0 Å². The van der Waals surface area contributed by atoms with Crippen molar-refractivity contribution in [3.8, 4) is 38.4 Å². The second-order valence-electron chi connectivity index (χ2n) is 24.9. The van der Waals surface area contributed by atoms with E-state index in [2.05, 4.69) is 41.5 Å². The van der Waals surface area contributed by atoms with Gasteiger partial charge in [0.25, 0.3) is 23.6 Å². The van der Waals surface area contributed by atoms with Gasteiger partial charge in [-0.2, -0.15) is 4.73 Å². The number of fused-ring (bicyclic) bond motifs is 15. The summed E-state index contributed by atoms with van der Waals surface area (Å²) in [4.78, 5) is 147. The number of primary amides is 1. The molecule has 6 amide bonds. The number of aromatic hydroxyl groups is 1. The molecule has 4 aliphatic heterocycles. The van der Waals surface area contributed by atoms with Gasteiger partial charge < -0.3 is 96.2 Å². The molecule has 1 aromatic carbocycles. The Morgan fingerprint density at radius 3 is 2.23 bits per heavy atom. The van der Waals surface area contributed by atoms with Gasteiger partial charge in [-0.1, -0.05) is 12.1 Å². The predicted octanol–water partition coefficient (Wildman–Crippen LogP) is 2.67. The fourth-order valence-corrected chi connectivity index (χ4v) is 16.7. The van der Waals surface area contributed by atoms with Crippen LogP contribution in [0, 0.1) is 0 Å². The minimum atomic E-state index is -1.93. The van der Waals surface area contributed by atoms with Crippen molar-refractivity contribution in [2.45, 2.75) is 114 Å². The number of ether oxygens (including phenoxy) is 6. The van der Waals surface area contributed by atoms with E-state index in [-0.39, 0.29) is 124 Å². The number of thiazole rings is 5. The van der Waals surface area contributed by atoms with Crippen molar-refractivity contribution in [3.63, 3.8) is 0 Å². The molecule has 1 saturated heterocycles. The molecule has 12 N–H and O–H groups in total. The Morgan fingerprint density at radius 1 is 0.854 bits per heavy atom. The highest BCUT2D eigenvalue weighted by Crippen LogP contribution is 2.43. The SMILES string of the molecule is CO/C(C)=C1/NC(=O)[C@H]([C@@H](C)O)NC(=O)c2csc(n2)-c2cc(O)c(-c3nc(C(=O)NC(CN(C)CCO)C(N)=O)cs3)nc2-c2csc(n2)[C@@H]2COC(=O)c3c4c5c(cccc5n3O)COC(=O)C(O[C@H]3C[C@](C)(O)[C@H](N(C)C)[C@H](C)O3)[C@H](OC4)[C@H](NC(=O)c3csc1n3)c1nc(cs1)C(=O)N2. The number of carbonyl (C=O) groups is 8. The smallest absolute Gasteiger partial charge is 0.358 e. The number of rotatable bonds is 13. The third kappa shape index (κ3) is 15.1. The molecule has 11 atom stereocenters. The number of allylic oxidation sites excluding steroid dienone is 1.